The average Bonchev–Trinajstić information content (AvgIpc) is 3.53. The molecule has 0 saturated heterocycles. The number of aromatic nitrogens is 4. The molecule has 0 radical (unpaired) electrons. The van der Waals surface area contributed by atoms with Gasteiger partial charge in [0.05, 0.1) is 13.2 Å². The molecule has 0 atom stereocenters. The summed E-state index contributed by atoms with van der Waals surface area (Å²) in [6.45, 7) is 3.27. The van der Waals surface area contributed by atoms with E-state index in [1.165, 1.54) is 0 Å². The monoisotopic (exact) mass is 526 g/mol. The third-order valence-corrected chi connectivity index (χ3v) is 6.29. The number of ether oxygens (including phenoxy) is 1. The smallest absolute Gasteiger partial charge is 0.389 e. The standard InChI is InChI=1S/C29H33F3N4O2/c1-22-20-26(34-36(22)21-23-12-8-7-9-13-23)28-33-27(35-38-28)24-14-16-25(17-15-24)37-19-11-6-4-2-3-5-10-18-29(30,31)32/h7-9,12-17,20H,2-6,10-11,18-19,21H2,1H3. The second-order valence-electron chi connectivity index (χ2n) is 9.45. The summed E-state index contributed by atoms with van der Waals surface area (Å²) in [5.41, 5.74) is 3.62. The summed E-state index contributed by atoms with van der Waals surface area (Å²) < 4.78 is 49.6. The van der Waals surface area contributed by atoms with Crippen LogP contribution in [0.4, 0.5) is 13.2 Å². The van der Waals surface area contributed by atoms with Crippen molar-refractivity contribution in [1.29, 1.82) is 0 Å². The van der Waals surface area contributed by atoms with E-state index in [0.717, 1.165) is 54.7 Å². The lowest BCUT2D eigenvalue weighted by molar-refractivity contribution is -0.135. The van der Waals surface area contributed by atoms with E-state index < -0.39 is 12.6 Å². The number of hydrogen-bond acceptors (Lipinski definition) is 5. The summed E-state index contributed by atoms with van der Waals surface area (Å²) >= 11 is 0. The van der Waals surface area contributed by atoms with Crippen LogP contribution >= 0.6 is 0 Å². The first kappa shape index (κ1) is 27.4. The molecule has 4 aromatic rings. The Morgan fingerprint density at radius 3 is 2.26 bits per heavy atom. The van der Waals surface area contributed by atoms with Crippen LogP contribution in [0, 0.1) is 6.92 Å². The van der Waals surface area contributed by atoms with Gasteiger partial charge in [0, 0.05) is 17.7 Å². The summed E-state index contributed by atoms with van der Waals surface area (Å²) in [7, 11) is 0. The molecule has 0 N–H and O–H groups in total. The zero-order chi connectivity index (χ0) is 26.8. The third-order valence-electron chi connectivity index (χ3n) is 6.29. The molecule has 0 bridgehead atoms. The van der Waals surface area contributed by atoms with Crippen molar-refractivity contribution >= 4 is 0 Å². The van der Waals surface area contributed by atoms with E-state index in [2.05, 4.69) is 27.4 Å². The van der Waals surface area contributed by atoms with Gasteiger partial charge in [0.2, 0.25) is 5.82 Å². The maximum Gasteiger partial charge on any atom is 0.389 e. The molecule has 0 amide bonds. The van der Waals surface area contributed by atoms with Gasteiger partial charge >= 0.3 is 6.18 Å². The highest BCUT2D eigenvalue weighted by molar-refractivity contribution is 5.58. The Labute approximate surface area is 220 Å². The highest BCUT2D eigenvalue weighted by atomic mass is 19.4. The predicted octanol–water partition coefficient (Wildman–Crippen LogP) is 8.02. The fraction of sp³-hybridized carbons (Fsp3) is 0.414. The van der Waals surface area contributed by atoms with Crippen LogP contribution in [0.5, 0.6) is 5.75 Å². The molecule has 0 saturated carbocycles. The lowest BCUT2D eigenvalue weighted by Crippen LogP contribution is -2.06. The van der Waals surface area contributed by atoms with Gasteiger partial charge in [0.1, 0.15) is 5.75 Å². The van der Waals surface area contributed by atoms with Crippen LogP contribution in [0.25, 0.3) is 23.0 Å². The Balaban J connectivity index is 1.19. The van der Waals surface area contributed by atoms with Crippen molar-refractivity contribution < 1.29 is 22.4 Å². The summed E-state index contributed by atoms with van der Waals surface area (Å²) in [6.07, 6.45) is 0.910. The molecule has 4 rings (SSSR count). The van der Waals surface area contributed by atoms with Crippen LogP contribution in [0.15, 0.2) is 65.2 Å². The van der Waals surface area contributed by atoms with E-state index in [9.17, 15) is 13.2 Å². The maximum absolute atomic E-state index is 12.1. The molecule has 2 heterocycles. The fourth-order valence-electron chi connectivity index (χ4n) is 4.18. The lowest BCUT2D eigenvalue weighted by atomic mass is 10.1. The van der Waals surface area contributed by atoms with E-state index >= 15 is 0 Å². The number of alkyl halides is 3. The highest BCUT2D eigenvalue weighted by Gasteiger charge is 2.25. The van der Waals surface area contributed by atoms with Gasteiger partial charge < -0.3 is 9.26 Å². The van der Waals surface area contributed by atoms with Crippen molar-refractivity contribution in [2.75, 3.05) is 6.61 Å². The van der Waals surface area contributed by atoms with Crippen LogP contribution in [0.3, 0.4) is 0 Å². The van der Waals surface area contributed by atoms with Crippen LogP contribution < -0.4 is 4.74 Å². The van der Waals surface area contributed by atoms with Gasteiger partial charge in [-0.25, -0.2) is 0 Å². The normalized spacial score (nSPS) is 11.7. The second kappa shape index (κ2) is 13.3. The maximum atomic E-state index is 12.1. The van der Waals surface area contributed by atoms with Crippen molar-refractivity contribution in [3.63, 3.8) is 0 Å². The fourth-order valence-corrected chi connectivity index (χ4v) is 4.18. The largest absolute Gasteiger partial charge is 0.494 e. The number of benzene rings is 2. The van der Waals surface area contributed by atoms with E-state index in [1.54, 1.807) is 0 Å². The molecule has 0 spiro atoms. The summed E-state index contributed by atoms with van der Waals surface area (Å²) in [4.78, 5) is 4.53. The Hall–Kier alpha value is -3.62. The Bertz CT molecular complexity index is 1250. The number of aryl methyl sites for hydroxylation is 1. The first-order chi connectivity index (χ1) is 18.4. The van der Waals surface area contributed by atoms with E-state index in [0.29, 0.717) is 37.0 Å². The van der Waals surface area contributed by atoms with Crippen LogP contribution in [0.2, 0.25) is 0 Å². The Morgan fingerprint density at radius 2 is 1.55 bits per heavy atom. The molecular weight excluding hydrogens is 493 g/mol. The van der Waals surface area contributed by atoms with Crippen LogP contribution in [-0.2, 0) is 6.54 Å². The van der Waals surface area contributed by atoms with Gasteiger partial charge in [0.25, 0.3) is 5.89 Å². The van der Waals surface area contributed by atoms with Crippen molar-refractivity contribution in [1.82, 2.24) is 19.9 Å². The molecule has 2 aromatic heterocycles. The quantitative estimate of drug-likeness (QED) is 0.156. The van der Waals surface area contributed by atoms with Crippen LogP contribution in [-0.4, -0.2) is 32.7 Å². The van der Waals surface area contributed by atoms with Gasteiger partial charge in [0.15, 0.2) is 5.69 Å². The van der Waals surface area contributed by atoms with Crippen molar-refractivity contribution in [3.05, 3.63) is 71.9 Å². The number of hydrogen-bond donors (Lipinski definition) is 0. The molecule has 0 aliphatic heterocycles. The second-order valence-corrected chi connectivity index (χ2v) is 9.45. The minimum absolute atomic E-state index is 0.229. The molecule has 2 aromatic carbocycles. The van der Waals surface area contributed by atoms with Gasteiger partial charge in [-0.1, -0.05) is 67.6 Å². The summed E-state index contributed by atoms with van der Waals surface area (Å²) in [5.74, 6) is 1.62. The first-order valence-corrected chi connectivity index (χ1v) is 13.1. The molecule has 6 nitrogen and oxygen atoms in total. The Kier molecular flexibility index (Phi) is 9.56. The number of unbranched alkanes of at least 4 members (excludes halogenated alkanes) is 6. The van der Waals surface area contributed by atoms with Crippen molar-refractivity contribution in [2.45, 2.75) is 71.0 Å². The molecular formula is C29H33F3N4O2. The van der Waals surface area contributed by atoms with E-state index in [4.69, 9.17) is 9.26 Å². The number of rotatable bonds is 14. The lowest BCUT2D eigenvalue weighted by Gasteiger charge is -2.07. The molecule has 38 heavy (non-hydrogen) atoms. The topological polar surface area (TPSA) is 66.0 Å². The zero-order valence-electron chi connectivity index (χ0n) is 21.6. The molecule has 0 aliphatic rings. The number of halogens is 3. The molecule has 0 unspecified atom stereocenters. The summed E-state index contributed by atoms with van der Waals surface area (Å²) in [6, 6.07) is 19.6. The predicted molar refractivity (Wildman–Crippen MR) is 140 cm³/mol. The van der Waals surface area contributed by atoms with E-state index in [-0.39, 0.29) is 6.42 Å². The molecule has 202 valence electrons. The van der Waals surface area contributed by atoms with Crippen LogP contribution in [0.1, 0.15) is 62.6 Å². The number of nitrogens with zero attached hydrogens (tertiary/aromatic N) is 4. The van der Waals surface area contributed by atoms with Crippen molar-refractivity contribution in [2.24, 2.45) is 0 Å². The minimum Gasteiger partial charge on any atom is -0.494 e. The molecule has 9 heteroatoms. The van der Waals surface area contributed by atoms with Gasteiger partial charge in [-0.2, -0.15) is 23.3 Å². The molecule has 0 aliphatic carbocycles. The SMILES string of the molecule is Cc1cc(-c2nc(-c3ccc(OCCCCCCCCCC(F)(F)F)cc3)no2)nn1Cc1ccccc1. The summed E-state index contributed by atoms with van der Waals surface area (Å²) in [5, 5.41) is 8.76. The average molecular weight is 527 g/mol. The van der Waals surface area contributed by atoms with Gasteiger partial charge in [-0.05, 0) is 55.7 Å². The van der Waals surface area contributed by atoms with Gasteiger partial charge in [-0.3, -0.25) is 4.68 Å². The van der Waals surface area contributed by atoms with E-state index in [1.807, 2.05) is 60.1 Å². The zero-order valence-corrected chi connectivity index (χ0v) is 21.6. The van der Waals surface area contributed by atoms with Crippen molar-refractivity contribution in [3.8, 4) is 28.7 Å². The highest BCUT2D eigenvalue weighted by Crippen LogP contribution is 2.25. The molecule has 0 fully saturated rings. The Morgan fingerprint density at radius 1 is 0.868 bits per heavy atom. The minimum atomic E-state index is -4.03. The third kappa shape index (κ3) is 8.46. The first-order valence-electron chi connectivity index (χ1n) is 13.1. The van der Waals surface area contributed by atoms with Gasteiger partial charge in [-0.15, -0.1) is 0 Å².